The number of sulfonamides is 1. The molecular weight excluding hydrogens is 738 g/mol. The summed E-state index contributed by atoms with van der Waals surface area (Å²) < 4.78 is 69.8. The Kier molecular flexibility index (Phi) is 12.1. The van der Waals surface area contributed by atoms with Crippen molar-refractivity contribution in [1.29, 1.82) is 0 Å². The number of anilines is 2. The molecule has 54 heavy (non-hydrogen) atoms. The molecule has 0 aliphatic carbocycles. The van der Waals surface area contributed by atoms with E-state index < -0.39 is 32.6 Å². The summed E-state index contributed by atoms with van der Waals surface area (Å²) in [6, 6.07) is 28.4. The molecular formula is C39H39F3N6O4S2. The standard InChI is InChI=1S/C39H39F3N6O4S2/c1-2-27-23-29(28-7-6-8-31(49)24-28)11-12-30(27)26-47-18-20-48(21-19-47)37-16-15-36(44-45-37)38(50)46-54(51,52)33-13-14-35(34(25-33)39(40,41)42)43-17-22-53-32-9-4-3-5-10-32/h3-16,23-25,43,49H,2,17-22,26H2,1H3,(H,46,50). The normalized spacial score (nSPS) is 13.8. The fraction of sp³-hybridized carbons (Fsp3) is 0.256. The van der Waals surface area contributed by atoms with E-state index in [1.165, 1.54) is 29.0 Å². The molecule has 0 atom stereocenters. The van der Waals surface area contributed by atoms with Crippen molar-refractivity contribution in [2.75, 3.05) is 48.7 Å². The molecule has 5 aromatic rings. The lowest BCUT2D eigenvalue weighted by atomic mass is 9.97. The van der Waals surface area contributed by atoms with Crippen LogP contribution >= 0.6 is 11.8 Å². The van der Waals surface area contributed by atoms with Gasteiger partial charge in [0.15, 0.2) is 11.5 Å². The molecule has 1 saturated heterocycles. The predicted molar refractivity (Wildman–Crippen MR) is 204 cm³/mol. The van der Waals surface area contributed by atoms with E-state index in [4.69, 9.17) is 0 Å². The topological polar surface area (TPSA) is 128 Å². The Balaban J connectivity index is 1.03. The number of thioether (sulfide) groups is 1. The fourth-order valence-electron chi connectivity index (χ4n) is 6.15. The Morgan fingerprint density at radius 1 is 0.852 bits per heavy atom. The molecule has 4 aromatic carbocycles. The van der Waals surface area contributed by atoms with E-state index in [1.54, 1.807) is 18.2 Å². The van der Waals surface area contributed by atoms with E-state index in [1.807, 2.05) is 52.1 Å². The SMILES string of the molecule is CCc1cc(-c2cccc(O)c2)ccc1CN1CCN(c2ccc(C(=O)NS(=O)(=O)c3ccc(NCCSc4ccccc4)c(C(F)(F)F)c3)nn2)CC1. The predicted octanol–water partition coefficient (Wildman–Crippen LogP) is 7.08. The molecule has 6 rings (SSSR count). The first kappa shape index (κ1) is 38.6. The monoisotopic (exact) mass is 776 g/mol. The van der Waals surface area contributed by atoms with Crippen molar-refractivity contribution >= 4 is 39.2 Å². The molecule has 0 bridgehead atoms. The molecule has 1 aliphatic heterocycles. The van der Waals surface area contributed by atoms with E-state index in [9.17, 15) is 31.5 Å². The number of phenolic OH excluding ortho intramolecular Hbond substituents is 1. The van der Waals surface area contributed by atoms with Gasteiger partial charge in [0.05, 0.1) is 10.5 Å². The van der Waals surface area contributed by atoms with E-state index in [0.29, 0.717) is 30.7 Å². The molecule has 1 aromatic heterocycles. The summed E-state index contributed by atoms with van der Waals surface area (Å²) in [6.45, 7) is 5.89. The van der Waals surface area contributed by atoms with Gasteiger partial charge in [-0.1, -0.05) is 55.5 Å². The second kappa shape index (κ2) is 16.9. The molecule has 1 aliphatic rings. The molecule has 0 radical (unpaired) electrons. The van der Waals surface area contributed by atoms with Crippen molar-refractivity contribution in [2.45, 2.75) is 35.9 Å². The molecule has 0 spiro atoms. The van der Waals surface area contributed by atoms with Gasteiger partial charge in [-0.25, -0.2) is 13.1 Å². The Morgan fingerprint density at radius 3 is 2.30 bits per heavy atom. The maximum atomic E-state index is 14.0. The summed E-state index contributed by atoms with van der Waals surface area (Å²) in [5.41, 5.74) is 2.74. The number of alkyl halides is 3. The number of hydrogen-bond donors (Lipinski definition) is 3. The number of benzene rings is 4. The number of rotatable bonds is 13. The van der Waals surface area contributed by atoms with Crippen molar-refractivity contribution in [3.05, 3.63) is 126 Å². The number of nitrogens with zero attached hydrogens (tertiary/aromatic N) is 4. The molecule has 0 saturated carbocycles. The Morgan fingerprint density at radius 2 is 1.61 bits per heavy atom. The summed E-state index contributed by atoms with van der Waals surface area (Å²) in [6.07, 6.45) is -3.98. The lowest BCUT2D eigenvalue weighted by Gasteiger charge is -2.35. The van der Waals surface area contributed by atoms with Crippen LogP contribution in [0.25, 0.3) is 11.1 Å². The van der Waals surface area contributed by atoms with Gasteiger partial charge in [0.2, 0.25) is 0 Å². The van der Waals surface area contributed by atoms with Crippen LogP contribution in [0.5, 0.6) is 5.75 Å². The molecule has 2 heterocycles. The molecule has 282 valence electrons. The smallest absolute Gasteiger partial charge is 0.418 e. The average Bonchev–Trinajstić information content (AvgIpc) is 3.17. The second-order valence-corrected chi connectivity index (χ2v) is 15.5. The number of aromatic nitrogens is 2. The minimum atomic E-state index is -4.85. The number of aromatic hydroxyl groups is 1. The first-order valence-corrected chi connectivity index (χ1v) is 19.8. The largest absolute Gasteiger partial charge is 0.508 e. The van der Waals surface area contributed by atoms with Crippen molar-refractivity contribution in [2.24, 2.45) is 0 Å². The number of phenols is 1. The third-order valence-electron chi connectivity index (χ3n) is 9.00. The molecule has 15 heteroatoms. The maximum Gasteiger partial charge on any atom is 0.418 e. The van der Waals surface area contributed by atoms with Crippen LogP contribution in [0.3, 0.4) is 0 Å². The third-order valence-corrected chi connectivity index (χ3v) is 11.3. The van der Waals surface area contributed by atoms with Gasteiger partial charge in [0.1, 0.15) is 5.75 Å². The van der Waals surface area contributed by atoms with Crippen LogP contribution in [0.2, 0.25) is 0 Å². The number of piperazine rings is 1. The molecule has 1 amide bonds. The average molecular weight is 777 g/mol. The van der Waals surface area contributed by atoms with Crippen molar-refractivity contribution in [3.8, 4) is 16.9 Å². The van der Waals surface area contributed by atoms with Crippen LogP contribution in [0.4, 0.5) is 24.7 Å². The van der Waals surface area contributed by atoms with Gasteiger partial charge < -0.3 is 15.3 Å². The summed E-state index contributed by atoms with van der Waals surface area (Å²) in [5.74, 6) is 0.101. The van der Waals surface area contributed by atoms with Crippen LogP contribution in [-0.4, -0.2) is 73.0 Å². The quantitative estimate of drug-likeness (QED) is 0.0844. The van der Waals surface area contributed by atoms with E-state index >= 15 is 0 Å². The summed E-state index contributed by atoms with van der Waals surface area (Å²) in [4.78, 5) is 17.5. The molecule has 1 fully saturated rings. The number of aryl methyl sites for hydroxylation is 1. The zero-order valence-electron chi connectivity index (χ0n) is 29.4. The van der Waals surface area contributed by atoms with Crippen LogP contribution in [-0.2, 0) is 29.2 Å². The molecule has 0 unspecified atom stereocenters. The number of nitrogens with one attached hydrogen (secondary N) is 2. The zero-order chi connectivity index (χ0) is 38.3. The van der Waals surface area contributed by atoms with Gasteiger partial charge in [-0.3, -0.25) is 9.69 Å². The fourth-order valence-corrected chi connectivity index (χ4v) is 7.93. The van der Waals surface area contributed by atoms with Gasteiger partial charge >= 0.3 is 6.18 Å². The van der Waals surface area contributed by atoms with Crippen molar-refractivity contribution in [3.63, 3.8) is 0 Å². The van der Waals surface area contributed by atoms with Crippen LogP contribution in [0.1, 0.15) is 34.1 Å². The first-order chi connectivity index (χ1) is 25.9. The number of halogens is 3. The van der Waals surface area contributed by atoms with Gasteiger partial charge in [-0.05, 0) is 83.3 Å². The summed E-state index contributed by atoms with van der Waals surface area (Å²) in [5, 5.41) is 20.7. The van der Waals surface area contributed by atoms with Gasteiger partial charge in [0, 0.05) is 55.6 Å². The highest BCUT2D eigenvalue weighted by Crippen LogP contribution is 2.36. The number of carbonyl (C=O) groups excluding carboxylic acids is 1. The molecule has 3 N–H and O–H groups in total. The second-order valence-electron chi connectivity index (χ2n) is 12.7. The minimum absolute atomic E-state index is 0.202. The first-order valence-electron chi connectivity index (χ1n) is 17.3. The highest BCUT2D eigenvalue weighted by molar-refractivity contribution is 7.99. The van der Waals surface area contributed by atoms with Gasteiger partial charge in [-0.2, -0.15) is 13.2 Å². The van der Waals surface area contributed by atoms with E-state index in [2.05, 4.69) is 45.5 Å². The number of hydrogen-bond acceptors (Lipinski definition) is 10. The maximum absolute atomic E-state index is 14.0. The Bertz CT molecular complexity index is 2180. The highest BCUT2D eigenvalue weighted by Gasteiger charge is 2.35. The molecule has 10 nitrogen and oxygen atoms in total. The van der Waals surface area contributed by atoms with Crippen LogP contribution in [0.15, 0.2) is 113 Å². The third kappa shape index (κ3) is 9.70. The Labute approximate surface area is 316 Å². The van der Waals surface area contributed by atoms with Gasteiger partial charge in [0.25, 0.3) is 15.9 Å². The van der Waals surface area contributed by atoms with Crippen molar-refractivity contribution < 1.29 is 31.5 Å². The number of amides is 1. The van der Waals surface area contributed by atoms with Gasteiger partial charge in [-0.15, -0.1) is 22.0 Å². The van der Waals surface area contributed by atoms with Crippen molar-refractivity contribution in [1.82, 2.24) is 19.8 Å². The van der Waals surface area contributed by atoms with E-state index in [-0.39, 0.29) is 23.7 Å². The summed E-state index contributed by atoms with van der Waals surface area (Å²) >= 11 is 1.47. The summed E-state index contributed by atoms with van der Waals surface area (Å²) in [7, 11) is -4.68. The minimum Gasteiger partial charge on any atom is -0.508 e. The number of carbonyl (C=O) groups is 1. The lowest BCUT2D eigenvalue weighted by Crippen LogP contribution is -2.46. The Hall–Kier alpha value is -5.12. The lowest BCUT2D eigenvalue weighted by molar-refractivity contribution is -0.137. The van der Waals surface area contributed by atoms with Crippen LogP contribution < -0.4 is 14.9 Å². The van der Waals surface area contributed by atoms with E-state index in [0.717, 1.165) is 54.2 Å². The zero-order valence-corrected chi connectivity index (χ0v) is 31.0. The highest BCUT2D eigenvalue weighted by atomic mass is 32.2. The van der Waals surface area contributed by atoms with Crippen LogP contribution in [0, 0.1) is 0 Å².